The molecule has 2 rings (SSSR count). The molecular weight excluding hydrogens is 224 g/mol. The van der Waals surface area contributed by atoms with Gasteiger partial charge in [0.05, 0.1) is 0 Å². The van der Waals surface area contributed by atoms with Crippen molar-refractivity contribution in [1.82, 2.24) is 10.3 Å². The van der Waals surface area contributed by atoms with Crippen LogP contribution in [-0.2, 0) is 17.6 Å². The standard InChI is InChI=1S/C15H20N2O/c1-3-4-11-5-7-14-13(9-11)12(10-17-14)6-8-15(18)16-2/h5,7,9-10,17H,3-4,6,8H2,1-2H3,(H,16,18). The molecule has 1 aromatic heterocycles. The summed E-state index contributed by atoms with van der Waals surface area (Å²) in [6, 6.07) is 6.54. The normalized spacial score (nSPS) is 10.8. The molecular formula is C15H20N2O. The maximum atomic E-state index is 11.3. The molecule has 0 fully saturated rings. The Morgan fingerprint density at radius 1 is 1.33 bits per heavy atom. The summed E-state index contributed by atoms with van der Waals surface area (Å²) >= 11 is 0. The largest absolute Gasteiger partial charge is 0.361 e. The summed E-state index contributed by atoms with van der Waals surface area (Å²) < 4.78 is 0. The lowest BCUT2D eigenvalue weighted by molar-refractivity contribution is -0.120. The molecule has 2 N–H and O–H groups in total. The number of carbonyl (C=O) groups excluding carboxylic acids is 1. The van der Waals surface area contributed by atoms with E-state index in [9.17, 15) is 4.79 Å². The molecule has 0 unspecified atom stereocenters. The van der Waals surface area contributed by atoms with E-state index in [2.05, 4.69) is 35.4 Å². The van der Waals surface area contributed by atoms with Gasteiger partial charge in [0.2, 0.25) is 5.91 Å². The zero-order chi connectivity index (χ0) is 13.0. The quantitative estimate of drug-likeness (QED) is 0.834. The Morgan fingerprint density at radius 3 is 2.89 bits per heavy atom. The number of benzene rings is 1. The lowest BCUT2D eigenvalue weighted by atomic mass is 10.0. The molecule has 0 saturated heterocycles. The highest BCUT2D eigenvalue weighted by molar-refractivity contribution is 5.84. The van der Waals surface area contributed by atoms with Gasteiger partial charge in [0.1, 0.15) is 0 Å². The molecule has 3 heteroatoms. The smallest absolute Gasteiger partial charge is 0.220 e. The van der Waals surface area contributed by atoms with Crippen LogP contribution in [0.5, 0.6) is 0 Å². The first-order valence-electron chi connectivity index (χ1n) is 6.54. The zero-order valence-electron chi connectivity index (χ0n) is 11.0. The van der Waals surface area contributed by atoms with Gasteiger partial charge in [0, 0.05) is 30.6 Å². The molecule has 0 spiro atoms. The zero-order valence-corrected chi connectivity index (χ0v) is 11.0. The second-order valence-electron chi connectivity index (χ2n) is 4.62. The Kier molecular flexibility index (Phi) is 4.03. The van der Waals surface area contributed by atoms with Crippen molar-refractivity contribution in [2.75, 3.05) is 7.05 Å². The number of fused-ring (bicyclic) bond motifs is 1. The van der Waals surface area contributed by atoms with Gasteiger partial charge < -0.3 is 10.3 Å². The van der Waals surface area contributed by atoms with E-state index in [0.29, 0.717) is 6.42 Å². The first kappa shape index (κ1) is 12.7. The van der Waals surface area contributed by atoms with Crippen molar-refractivity contribution < 1.29 is 4.79 Å². The first-order valence-corrected chi connectivity index (χ1v) is 6.54. The molecule has 0 aliphatic rings. The van der Waals surface area contributed by atoms with Crippen molar-refractivity contribution in [3.63, 3.8) is 0 Å². The summed E-state index contributed by atoms with van der Waals surface area (Å²) in [5, 5.41) is 3.91. The van der Waals surface area contributed by atoms with E-state index in [1.54, 1.807) is 7.05 Å². The van der Waals surface area contributed by atoms with Crippen LogP contribution in [0.3, 0.4) is 0 Å². The Bertz CT molecular complexity index is 542. The van der Waals surface area contributed by atoms with Crippen LogP contribution < -0.4 is 5.32 Å². The van der Waals surface area contributed by atoms with E-state index < -0.39 is 0 Å². The number of amides is 1. The van der Waals surface area contributed by atoms with Crippen LogP contribution in [0, 0.1) is 0 Å². The monoisotopic (exact) mass is 244 g/mol. The second-order valence-corrected chi connectivity index (χ2v) is 4.62. The van der Waals surface area contributed by atoms with Gasteiger partial charge in [0.25, 0.3) is 0 Å². The molecule has 96 valence electrons. The van der Waals surface area contributed by atoms with E-state index in [4.69, 9.17) is 0 Å². The Hall–Kier alpha value is -1.77. The predicted molar refractivity (Wildman–Crippen MR) is 74.7 cm³/mol. The SMILES string of the molecule is CCCc1ccc2[nH]cc(CCC(=O)NC)c2c1. The molecule has 1 heterocycles. The first-order chi connectivity index (χ1) is 8.74. The van der Waals surface area contributed by atoms with Crippen LogP contribution in [0.4, 0.5) is 0 Å². The summed E-state index contributed by atoms with van der Waals surface area (Å²) in [4.78, 5) is 14.6. The third-order valence-electron chi connectivity index (χ3n) is 3.27. The van der Waals surface area contributed by atoms with Crippen LogP contribution in [0.2, 0.25) is 0 Å². The average Bonchev–Trinajstić information content (AvgIpc) is 2.79. The van der Waals surface area contributed by atoms with Crippen LogP contribution in [0.1, 0.15) is 30.9 Å². The molecule has 0 bridgehead atoms. The van der Waals surface area contributed by atoms with Crippen LogP contribution >= 0.6 is 0 Å². The minimum absolute atomic E-state index is 0.0917. The molecule has 18 heavy (non-hydrogen) atoms. The number of aromatic nitrogens is 1. The fraction of sp³-hybridized carbons (Fsp3) is 0.400. The number of hydrogen-bond acceptors (Lipinski definition) is 1. The highest BCUT2D eigenvalue weighted by atomic mass is 16.1. The molecule has 0 aliphatic heterocycles. The van der Waals surface area contributed by atoms with Gasteiger partial charge in [-0.1, -0.05) is 19.4 Å². The van der Waals surface area contributed by atoms with E-state index in [-0.39, 0.29) is 5.91 Å². The molecule has 0 radical (unpaired) electrons. The Balaban J connectivity index is 2.22. The average molecular weight is 244 g/mol. The molecule has 1 aromatic carbocycles. The van der Waals surface area contributed by atoms with E-state index in [0.717, 1.165) is 24.8 Å². The number of aryl methyl sites for hydroxylation is 2. The van der Waals surface area contributed by atoms with Crippen LogP contribution in [0.25, 0.3) is 10.9 Å². The van der Waals surface area contributed by atoms with Crippen LogP contribution in [-0.4, -0.2) is 17.9 Å². The minimum atomic E-state index is 0.0917. The minimum Gasteiger partial charge on any atom is -0.361 e. The highest BCUT2D eigenvalue weighted by Gasteiger charge is 2.06. The molecule has 1 amide bonds. The number of rotatable bonds is 5. The summed E-state index contributed by atoms with van der Waals surface area (Å²) in [7, 11) is 1.68. The van der Waals surface area contributed by atoms with Crippen molar-refractivity contribution in [2.24, 2.45) is 0 Å². The lowest BCUT2D eigenvalue weighted by Gasteiger charge is -2.02. The fourth-order valence-electron chi connectivity index (χ4n) is 2.25. The van der Waals surface area contributed by atoms with Gasteiger partial charge in [-0.25, -0.2) is 0 Å². The topological polar surface area (TPSA) is 44.9 Å². The van der Waals surface area contributed by atoms with Gasteiger partial charge >= 0.3 is 0 Å². The number of H-pyrrole nitrogens is 1. The highest BCUT2D eigenvalue weighted by Crippen LogP contribution is 2.21. The van der Waals surface area contributed by atoms with Crippen molar-refractivity contribution in [2.45, 2.75) is 32.6 Å². The van der Waals surface area contributed by atoms with Gasteiger partial charge in [-0.3, -0.25) is 4.79 Å². The third kappa shape index (κ3) is 2.73. The van der Waals surface area contributed by atoms with Gasteiger partial charge in [-0.05, 0) is 36.1 Å². The van der Waals surface area contributed by atoms with Gasteiger partial charge in [-0.2, -0.15) is 0 Å². The summed E-state index contributed by atoms with van der Waals surface area (Å²) in [6.45, 7) is 2.19. The maximum absolute atomic E-state index is 11.3. The molecule has 2 aromatic rings. The molecule has 3 nitrogen and oxygen atoms in total. The van der Waals surface area contributed by atoms with Crippen molar-refractivity contribution in [3.8, 4) is 0 Å². The summed E-state index contributed by atoms with van der Waals surface area (Å²) in [5.74, 6) is 0.0917. The number of carbonyl (C=O) groups is 1. The lowest BCUT2D eigenvalue weighted by Crippen LogP contribution is -2.17. The number of aromatic amines is 1. The van der Waals surface area contributed by atoms with Crippen molar-refractivity contribution >= 4 is 16.8 Å². The van der Waals surface area contributed by atoms with E-state index >= 15 is 0 Å². The van der Waals surface area contributed by atoms with Crippen molar-refractivity contribution in [1.29, 1.82) is 0 Å². The summed E-state index contributed by atoms with van der Waals surface area (Å²) in [6.07, 6.45) is 5.61. The Labute approximate surface area is 108 Å². The summed E-state index contributed by atoms with van der Waals surface area (Å²) in [5.41, 5.74) is 3.75. The maximum Gasteiger partial charge on any atom is 0.220 e. The molecule has 0 aliphatic carbocycles. The second kappa shape index (κ2) is 5.71. The van der Waals surface area contributed by atoms with Crippen molar-refractivity contribution in [3.05, 3.63) is 35.5 Å². The Morgan fingerprint density at radius 2 is 2.17 bits per heavy atom. The molecule has 0 saturated carbocycles. The molecule has 0 atom stereocenters. The fourth-order valence-corrected chi connectivity index (χ4v) is 2.25. The third-order valence-corrected chi connectivity index (χ3v) is 3.27. The predicted octanol–water partition coefficient (Wildman–Crippen LogP) is 2.80. The van der Waals surface area contributed by atoms with E-state index in [1.807, 2.05) is 6.20 Å². The number of hydrogen-bond donors (Lipinski definition) is 2. The van der Waals surface area contributed by atoms with Gasteiger partial charge in [0.15, 0.2) is 0 Å². The van der Waals surface area contributed by atoms with Gasteiger partial charge in [-0.15, -0.1) is 0 Å². The van der Waals surface area contributed by atoms with Crippen LogP contribution in [0.15, 0.2) is 24.4 Å². The number of nitrogens with one attached hydrogen (secondary N) is 2. The van der Waals surface area contributed by atoms with E-state index in [1.165, 1.54) is 16.5 Å².